The van der Waals surface area contributed by atoms with E-state index in [2.05, 4.69) is 22.0 Å². The zero-order valence-corrected chi connectivity index (χ0v) is 14.5. The van der Waals surface area contributed by atoms with Crippen molar-refractivity contribution in [3.63, 3.8) is 0 Å². The normalized spacial score (nSPS) is 18.0. The SMILES string of the molecule is Cc1cc(SCC(=O)N2CCC[C@@H]2C(=O)O)c(C)cc1Br. The third-order valence-electron chi connectivity index (χ3n) is 3.67. The molecule has 114 valence electrons. The van der Waals surface area contributed by atoms with E-state index in [1.54, 1.807) is 0 Å². The van der Waals surface area contributed by atoms with Crippen molar-refractivity contribution < 1.29 is 14.7 Å². The molecule has 0 aliphatic carbocycles. The minimum atomic E-state index is -0.901. The number of carboxylic acids is 1. The van der Waals surface area contributed by atoms with E-state index in [9.17, 15) is 9.59 Å². The first kappa shape index (κ1) is 16.4. The summed E-state index contributed by atoms with van der Waals surface area (Å²) in [7, 11) is 0. The second-order valence-electron chi connectivity index (χ2n) is 5.24. The van der Waals surface area contributed by atoms with Gasteiger partial charge >= 0.3 is 5.97 Å². The summed E-state index contributed by atoms with van der Waals surface area (Å²) in [5.41, 5.74) is 2.24. The van der Waals surface area contributed by atoms with Crippen LogP contribution >= 0.6 is 27.7 Å². The molecule has 1 fully saturated rings. The minimum absolute atomic E-state index is 0.0927. The lowest BCUT2D eigenvalue weighted by atomic mass is 10.2. The molecule has 0 bridgehead atoms. The number of rotatable bonds is 4. The molecule has 0 aromatic heterocycles. The average molecular weight is 372 g/mol. The van der Waals surface area contributed by atoms with Crippen molar-refractivity contribution in [2.75, 3.05) is 12.3 Å². The molecule has 1 N–H and O–H groups in total. The Morgan fingerprint density at radius 3 is 2.76 bits per heavy atom. The Morgan fingerprint density at radius 1 is 1.38 bits per heavy atom. The molecule has 2 rings (SSSR count). The Labute approximate surface area is 137 Å². The van der Waals surface area contributed by atoms with Crippen molar-refractivity contribution in [2.24, 2.45) is 0 Å². The number of hydrogen-bond donors (Lipinski definition) is 1. The van der Waals surface area contributed by atoms with Gasteiger partial charge in [0, 0.05) is 15.9 Å². The van der Waals surface area contributed by atoms with Crippen LogP contribution in [-0.4, -0.2) is 40.2 Å². The van der Waals surface area contributed by atoms with Gasteiger partial charge in [0.15, 0.2) is 0 Å². The van der Waals surface area contributed by atoms with E-state index in [4.69, 9.17) is 5.11 Å². The van der Waals surface area contributed by atoms with Gasteiger partial charge < -0.3 is 10.0 Å². The van der Waals surface area contributed by atoms with E-state index in [-0.39, 0.29) is 11.7 Å². The molecule has 1 atom stereocenters. The van der Waals surface area contributed by atoms with Crippen LogP contribution in [0.3, 0.4) is 0 Å². The van der Waals surface area contributed by atoms with Crippen LogP contribution < -0.4 is 0 Å². The Balaban J connectivity index is 2.01. The van der Waals surface area contributed by atoms with Crippen LogP contribution in [0.2, 0.25) is 0 Å². The third kappa shape index (κ3) is 3.80. The highest BCUT2D eigenvalue weighted by Gasteiger charge is 2.33. The monoisotopic (exact) mass is 371 g/mol. The summed E-state index contributed by atoms with van der Waals surface area (Å²) in [5, 5.41) is 9.12. The lowest BCUT2D eigenvalue weighted by molar-refractivity contribution is -0.147. The molecule has 0 radical (unpaired) electrons. The topological polar surface area (TPSA) is 57.6 Å². The molecule has 0 spiro atoms. The highest BCUT2D eigenvalue weighted by molar-refractivity contribution is 9.10. The second kappa shape index (κ2) is 6.83. The summed E-state index contributed by atoms with van der Waals surface area (Å²) in [6.07, 6.45) is 1.33. The zero-order chi connectivity index (χ0) is 15.6. The summed E-state index contributed by atoms with van der Waals surface area (Å²) < 4.78 is 1.06. The smallest absolute Gasteiger partial charge is 0.326 e. The van der Waals surface area contributed by atoms with Crippen molar-refractivity contribution >= 4 is 39.6 Å². The lowest BCUT2D eigenvalue weighted by Gasteiger charge is -2.21. The maximum absolute atomic E-state index is 12.2. The molecular weight excluding hydrogens is 354 g/mol. The number of halogens is 1. The van der Waals surface area contributed by atoms with E-state index in [0.717, 1.165) is 26.9 Å². The zero-order valence-electron chi connectivity index (χ0n) is 12.1. The highest BCUT2D eigenvalue weighted by Crippen LogP contribution is 2.29. The van der Waals surface area contributed by atoms with Gasteiger partial charge in [-0.1, -0.05) is 15.9 Å². The molecule has 6 heteroatoms. The molecule has 0 unspecified atom stereocenters. The predicted octanol–water partition coefficient (Wildman–Crippen LogP) is 3.23. The van der Waals surface area contributed by atoms with Crippen molar-refractivity contribution in [2.45, 2.75) is 37.6 Å². The predicted molar refractivity (Wildman–Crippen MR) is 86.7 cm³/mol. The average Bonchev–Trinajstić information content (AvgIpc) is 2.90. The van der Waals surface area contributed by atoms with Crippen molar-refractivity contribution in [1.29, 1.82) is 0 Å². The van der Waals surface area contributed by atoms with E-state index in [1.807, 2.05) is 19.9 Å². The highest BCUT2D eigenvalue weighted by atomic mass is 79.9. The summed E-state index contributed by atoms with van der Waals surface area (Å²) in [4.78, 5) is 25.9. The van der Waals surface area contributed by atoms with Crippen molar-refractivity contribution in [3.05, 3.63) is 27.7 Å². The number of amides is 1. The maximum atomic E-state index is 12.2. The summed E-state index contributed by atoms with van der Waals surface area (Å²) in [6.45, 7) is 4.57. The number of hydrogen-bond acceptors (Lipinski definition) is 3. The molecule has 1 aromatic rings. The quantitative estimate of drug-likeness (QED) is 0.825. The van der Waals surface area contributed by atoms with Gasteiger partial charge in [0.25, 0.3) is 0 Å². The Morgan fingerprint density at radius 2 is 2.10 bits per heavy atom. The number of likely N-dealkylation sites (tertiary alicyclic amines) is 1. The Kier molecular flexibility index (Phi) is 5.32. The Hall–Kier alpha value is -1.01. The van der Waals surface area contributed by atoms with Gasteiger partial charge in [0.05, 0.1) is 5.75 Å². The van der Waals surface area contributed by atoms with Gasteiger partial charge in [0.1, 0.15) is 6.04 Å². The third-order valence-corrected chi connectivity index (χ3v) is 5.66. The number of carboxylic acid groups (broad SMARTS) is 1. The van der Waals surface area contributed by atoms with Crippen LogP contribution in [0, 0.1) is 13.8 Å². The van der Waals surface area contributed by atoms with Crippen LogP contribution in [-0.2, 0) is 9.59 Å². The van der Waals surface area contributed by atoms with E-state index in [1.165, 1.54) is 16.7 Å². The van der Waals surface area contributed by atoms with Crippen molar-refractivity contribution in [3.8, 4) is 0 Å². The first-order valence-electron chi connectivity index (χ1n) is 6.82. The fourth-order valence-corrected chi connectivity index (χ4v) is 3.90. The van der Waals surface area contributed by atoms with Crippen LogP contribution in [0.5, 0.6) is 0 Å². The molecule has 1 heterocycles. The fourth-order valence-electron chi connectivity index (χ4n) is 2.45. The maximum Gasteiger partial charge on any atom is 0.326 e. The molecule has 0 saturated carbocycles. The molecule has 1 saturated heterocycles. The van der Waals surface area contributed by atoms with Crippen LogP contribution in [0.1, 0.15) is 24.0 Å². The van der Waals surface area contributed by atoms with Gasteiger partial charge in [-0.3, -0.25) is 4.79 Å². The molecule has 21 heavy (non-hydrogen) atoms. The Bertz CT molecular complexity index is 576. The van der Waals surface area contributed by atoms with Gasteiger partial charge in [-0.05, 0) is 49.9 Å². The largest absolute Gasteiger partial charge is 0.480 e. The van der Waals surface area contributed by atoms with E-state index < -0.39 is 12.0 Å². The number of carbonyl (C=O) groups is 2. The summed E-state index contributed by atoms with van der Waals surface area (Å²) in [5.74, 6) is -0.711. The van der Waals surface area contributed by atoms with Gasteiger partial charge in [-0.2, -0.15) is 0 Å². The molecule has 1 amide bonds. The number of carbonyl (C=O) groups excluding carboxylic acids is 1. The fraction of sp³-hybridized carbons (Fsp3) is 0.467. The van der Waals surface area contributed by atoms with Crippen LogP contribution in [0.15, 0.2) is 21.5 Å². The number of thioether (sulfide) groups is 1. The second-order valence-corrected chi connectivity index (χ2v) is 7.11. The number of aliphatic carboxylic acids is 1. The molecule has 1 aliphatic heterocycles. The number of aryl methyl sites for hydroxylation is 2. The lowest BCUT2D eigenvalue weighted by Crippen LogP contribution is -2.41. The first-order chi connectivity index (χ1) is 9.90. The van der Waals surface area contributed by atoms with Crippen LogP contribution in [0.25, 0.3) is 0 Å². The number of benzene rings is 1. The van der Waals surface area contributed by atoms with Gasteiger partial charge in [-0.15, -0.1) is 11.8 Å². The van der Waals surface area contributed by atoms with Gasteiger partial charge in [-0.25, -0.2) is 4.79 Å². The van der Waals surface area contributed by atoms with Gasteiger partial charge in [0.2, 0.25) is 5.91 Å². The van der Waals surface area contributed by atoms with E-state index in [0.29, 0.717) is 13.0 Å². The molecule has 4 nitrogen and oxygen atoms in total. The molecule has 1 aromatic carbocycles. The van der Waals surface area contributed by atoms with E-state index >= 15 is 0 Å². The number of nitrogens with zero attached hydrogens (tertiary/aromatic N) is 1. The minimum Gasteiger partial charge on any atom is -0.480 e. The molecule has 1 aliphatic rings. The summed E-state index contributed by atoms with van der Waals surface area (Å²) >= 11 is 4.96. The van der Waals surface area contributed by atoms with Crippen molar-refractivity contribution in [1.82, 2.24) is 4.90 Å². The van der Waals surface area contributed by atoms with Crippen LogP contribution in [0.4, 0.5) is 0 Å². The molecular formula is C15H18BrNO3S. The summed E-state index contributed by atoms with van der Waals surface area (Å²) in [6, 6.07) is 3.44. The standard InChI is InChI=1S/C15H18BrNO3S/c1-9-7-13(10(2)6-11(9)16)21-8-14(18)17-5-3-4-12(17)15(19)20/h6-7,12H,3-5,8H2,1-2H3,(H,19,20)/t12-/m1/s1. The first-order valence-corrected chi connectivity index (χ1v) is 8.60.